The summed E-state index contributed by atoms with van der Waals surface area (Å²) in [6, 6.07) is 18.4. The summed E-state index contributed by atoms with van der Waals surface area (Å²) in [5, 5.41) is 0. The van der Waals surface area contributed by atoms with Crippen molar-refractivity contribution in [2.75, 3.05) is 26.7 Å². The molecule has 1 amide bonds. The zero-order chi connectivity index (χ0) is 17.3. The Morgan fingerprint density at radius 3 is 2.28 bits per heavy atom. The Balaban J connectivity index is 1.68. The number of carbonyl (C=O) groups excluding carboxylic acids is 1. The van der Waals surface area contributed by atoms with Crippen molar-refractivity contribution < 1.29 is 4.79 Å². The van der Waals surface area contributed by atoms with E-state index >= 15 is 0 Å². The monoisotopic (exact) mass is 334 g/mol. The number of rotatable bonds is 1. The molecule has 0 unspecified atom stereocenters. The van der Waals surface area contributed by atoms with Gasteiger partial charge in [-0.2, -0.15) is 0 Å². The van der Waals surface area contributed by atoms with Gasteiger partial charge >= 0.3 is 0 Å². The fourth-order valence-electron chi connectivity index (χ4n) is 4.35. The molecule has 1 spiro atoms. The molecule has 3 nitrogen and oxygen atoms in total. The van der Waals surface area contributed by atoms with Gasteiger partial charge in [-0.15, -0.1) is 0 Å². The number of likely N-dealkylation sites (tertiary alicyclic amines) is 1. The van der Waals surface area contributed by atoms with Crippen LogP contribution in [0.25, 0.3) is 0 Å². The molecule has 0 radical (unpaired) electrons. The molecule has 130 valence electrons. The topological polar surface area (TPSA) is 23.6 Å². The molecule has 1 saturated heterocycles. The third kappa shape index (κ3) is 3.34. The maximum atomic E-state index is 13.2. The van der Waals surface area contributed by atoms with Crippen molar-refractivity contribution in [3.8, 4) is 0 Å². The van der Waals surface area contributed by atoms with E-state index in [4.69, 9.17) is 0 Å². The predicted molar refractivity (Wildman–Crippen MR) is 100 cm³/mol. The standard InChI is InChI=1S/C22H26N2O/c1-23-13-11-22(12-14-23)15-19-9-5-6-10-20(19)16-24(17-22)21(25)18-7-3-2-4-8-18/h2-10H,11-17H2,1H3. The van der Waals surface area contributed by atoms with Crippen molar-refractivity contribution in [3.63, 3.8) is 0 Å². The normalized spacial score (nSPS) is 20.1. The van der Waals surface area contributed by atoms with Gasteiger partial charge < -0.3 is 9.80 Å². The fourth-order valence-corrected chi connectivity index (χ4v) is 4.35. The minimum absolute atomic E-state index is 0.163. The lowest BCUT2D eigenvalue weighted by molar-refractivity contribution is 0.0510. The summed E-state index contributed by atoms with van der Waals surface area (Å²) < 4.78 is 0. The summed E-state index contributed by atoms with van der Waals surface area (Å²) in [6.07, 6.45) is 3.42. The van der Waals surface area contributed by atoms with Crippen molar-refractivity contribution >= 4 is 5.91 Å². The molecule has 0 aliphatic carbocycles. The van der Waals surface area contributed by atoms with Gasteiger partial charge in [0, 0.05) is 18.7 Å². The minimum atomic E-state index is 0.163. The van der Waals surface area contributed by atoms with Crippen LogP contribution in [0.2, 0.25) is 0 Å². The zero-order valence-electron chi connectivity index (χ0n) is 14.9. The van der Waals surface area contributed by atoms with Crippen LogP contribution in [0, 0.1) is 5.41 Å². The summed E-state index contributed by atoms with van der Waals surface area (Å²) in [6.45, 7) is 3.83. The number of carbonyl (C=O) groups is 1. The Morgan fingerprint density at radius 2 is 1.56 bits per heavy atom. The molecule has 2 aromatic rings. The third-order valence-electron chi connectivity index (χ3n) is 5.93. The first kappa shape index (κ1) is 16.3. The Kier molecular flexibility index (Phi) is 4.34. The largest absolute Gasteiger partial charge is 0.334 e. The van der Waals surface area contributed by atoms with Crippen LogP contribution in [-0.2, 0) is 13.0 Å². The maximum Gasteiger partial charge on any atom is 0.254 e. The average molecular weight is 334 g/mol. The van der Waals surface area contributed by atoms with Gasteiger partial charge in [-0.3, -0.25) is 4.79 Å². The molecular formula is C22H26N2O. The van der Waals surface area contributed by atoms with Crippen LogP contribution in [0.15, 0.2) is 54.6 Å². The van der Waals surface area contributed by atoms with Crippen LogP contribution in [0.1, 0.15) is 34.3 Å². The van der Waals surface area contributed by atoms with E-state index in [0.717, 1.165) is 51.0 Å². The van der Waals surface area contributed by atoms with Crippen molar-refractivity contribution in [1.82, 2.24) is 9.80 Å². The Hall–Kier alpha value is -2.13. The number of benzene rings is 2. The second-order valence-electron chi connectivity index (χ2n) is 7.78. The molecule has 0 saturated carbocycles. The number of hydrogen-bond acceptors (Lipinski definition) is 2. The van der Waals surface area contributed by atoms with Crippen LogP contribution < -0.4 is 0 Å². The molecule has 2 aromatic carbocycles. The summed E-state index contributed by atoms with van der Waals surface area (Å²) in [5.41, 5.74) is 3.74. The van der Waals surface area contributed by atoms with E-state index < -0.39 is 0 Å². The Morgan fingerprint density at radius 1 is 0.920 bits per heavy atom. The van der Waals surface area contributed by atoms with Gasteiger partial charge in [0.15, 0.2) is 0 Å². The van der Waals surface area contributed by atoms with Gasteiger partial charge in [0.2, 0.25) is 0 Å². The molecule has 0 atom stereocenters. The highest BCUT2D eigenvalue weighted by atomic mass is 16.2. The first-order valence-corrected chi connectivity index (χ1v) is 9.25. The average Bonchev–Trinajstić information content (AvgIpc) is 2.81. The minimum Gasteiger partial charge on any atom is -0.334 e. The highest BCUT2D eigenvalue weighted by Gasteiger charge is 2.39. The Labute approximate surface area is 150 Å². The van der Waals surface area contributed by atoms with E-state index in [1.165, 1.54) is 11.1 Å². The smallest absolute Gasteiger partial charge is 0.254 e. The van der Waals surface area contributed by atoms with E-state index in [1.54, 1.807) is 0 Å². The summed E-state index contributed by atoms with van der Waals surface area (Å²) in [7, 11) is 2.20. The quantitative estimate of drug-likeness (QED) is 0.795. The maximum absolute atomic E-state index is 13.2. The van der Waals surface area contributed by atoms with E-state index in [2.05, 4.69) is 41.1 Å². The Bertz CT molecular complexity index is 748. The first-order valence-electron chi connectivity index (χ1n) is 9.25. The molecule has 0 bridgehead atoms. The van der Waals surface area contributed by atoms with Crippen molar-refractivity contribution in [1.29, 1.82) is 0 Å². The van der Waals surface area contributed by atoms with Crippen molar-refractivity contribution in [2.24, 2.45) is 5.41 Å². The number of fused-ring (bicyclic) bond motifs is 1. The van der Waals surface area contributed by atoms with Crippen molar-refractivity contribution in [2.45, 2.75) is 25.8 Å². The number of hydrogen-bond donors (Lipinski definition) is 0. The highest BCUT2D eigenvalue weighted by molar-refractivity contribution is 5.94. The van der Waals surface area contributed by atoms with Gasteiger partial charge in [-0.05, 0) is 68.1 Å². The molecule has 2 aliphatic heterocycles. The van der Waals surface area contributed by atoms with Crippen LogP contribution in [-0.4, -0.2) is 42.4 Å². The number of nitrogens with zero attached hydrogens (tertiary/aromatic N) is 2. The zero-order valence-corrected chi connectivity index (χ0v) is 14.9. The van der Waals surface area contributed by atoms with Gasteiger partial charge in [0.1, 0.15) is 0 Å². The second kappa shape index (κ2) is 6.64. The molecule has 25 heavy (non-hydrogen) atoms. The first-order chi connectivity index (χ1) is 12.2. The van der Waals surface area contributed by atoms with Gasteiger partial charge in [-0.1, -0.05) is 42.5 Å². The van der Waals surface area contributed by atoms with Crippen LogP contribution in [0.3, 0.4) is 0 Å². The molecule has 2 heterocycles. The molecule has 1 fully saturated rings. The van der Waals surface area contributed by atoms with Crippen LogP contribution in [0.5, 0.6) is 0 Å². The molecule has 2 aliphatic rings. The third-order valence-corrected chi connectivity index (χ3v) is 5.93. The van der Waals surface area contributed by atoms with Gasteiger partial charge in [-0.25, -0.2) is 0 Å². The fraction of sp³-hybridized carbons (Fsp3) is 0.409. The second-order valence-corrected chi connectivity index (χ2v) is 7.78. The number of piperidine rings is 1. The molecular weight excluding hydrogens is 308 g/mol. The van der Waals surface area contributed by atoms with Gasteiger partial charge in [0.05, 0.1) is 0 Å². The lowest BCUT2D eigenvalue weighted by atomic mass is 9.73. The molecule has 3 heteroatoms. The number of amides is 1. The van der Waals surface area contributed by atoms with E-state index in [0.29, 0.717) is 0 Å². The van der Waals surface area contributed by atoms with Crippen LogP contribution in [0.4, 0.5) is 0 Å². The summed E-state index contributed by atoms with van der Waals surface area (Å²) in [5.74, 6) is 0.163. The SMILES string of the molecule is CN1CCC2(CC1)Cc1ccccc1CN(C(=O)c1ccccc1)C2. The molecule has 0 aromatic heterocycles. The van der Waals surface area contributed by atoms with Crippen molar-refractivity contribution in [3.05, 3.63) is 71.3 Å². The highest BCUT2D eigenvalue weighted by Crippen LogP contribution is 2.39. The summed E-state index contributed by atoms with van der Waals surface area (Å²) >= 11 is 0. The predicted octanol–water partition coefficient (Wildman–Crippen LogP) is 3.60. The molecule has 0 N–H and O–H groups in total. The molecule has 4 rings (SSSR count). The lowest BCUT2D eigenvalue weighted by Crippen LogP contribution is -2.46. The van der Waals surface area contributed by atoms with E-state index in [-0.39, 0.29) is 11.3 Å². The van der Waals surface area contributed by atoms with Crippen LogP contribution >= 0.6 is 0 Å². The van der Waals surface area contributed by atoms with E-state index in [9.17, 15) is 4.79 Å². The van der Waals surface area contributed by atoms with Gasteiger partial charge in [0.25, 0.3) is 5.91 Å². The lowest BCUT2D eigenvalue weighted by Gasteiger charge is -2.42. The van der Waals surface area contributed by atoms with E-state index in [1.807, 2.05) is 30.3 Å². The summed E-state index contributed by atoms with van der Waals surface area (Å²) in [4.78, 5) is 17.7.